The summed E-state index contributed by atoms with van der Waals surface area (Å²) in [7, 11) is 1.84. The molecule has 3 aromatic rings. The van der Waals surface area contributed by atoms with Crippen LogP contribution in [0.5, 0.6) is 0 Å². The Morgan fingerprint density at radius 1 is 1.30 bits per heavy atom. The van der Waals surface area contributed by atoms with Gasteiger partial charge in [0.15, 0.2) is 16.8 Å². The summed E-state index contributed by atoms with van der Waals surface area (Å²) in [5.41, 5.74) is 0.742. The molecule has 0 saturated carbocycles. The molecule has 0 fully saturated rings. The molecule has 0 atom stereocenters. The fraction of sp³-hybridized carbons (Fsp3) is 0.316. The number of aromatic nitrogens is 3. The minimum atomic E-state index is -0.560. The van der Waals surface area contributed by atoms with Crippen LogP contribution in [-0.2, 0) is 16.6 Å². The summed E-state index contributed by atoms with van der Waals surface area (Å²) in [6.07, 6.45) is 0. The monoisotopic (exact) mass is 464 g/mol. The Labute approximate surface area is 185 Å². The van der Waals surface area contributed by atoms with Gasteiger partial charge in [0.05, 0.1) is 27.7 Å². The molecule has 30 heavy (non-hydrogen) atoms. The number of Topliss-reactive ketones (excluding diaryl/α,β-unsaturated/α-hetero) is 1. The first kappa shape index (κ1) is 22.2. The van der Waals surface area contributed by atoms with Crippen molar-refractivity contribution in [3.8, 4) is 10.7 Å². The number of rotatable bonds is 8. The molecule has 0 aromatic carbocycles. The Balaban J connectivity index is 1.73. The van der Waals surface area contributed by atoms with Crippen molar-refractivity contribution in [1.29, 1.82) is 0 Å². The molecule has 0 radical (unpaired) electrons. The molecule has 0 unspecified atom stereocenters. The van der Waals surface area contributed by atoms with Gasteiger partial charge in [-0.1, -0.05) is 17.8 Å². The van der Waals surface area contributed by atoms with Crippen molar-refractivity contribution in [3.05, 3.63) is 33.5 Å². The number of ether oxygens (including phenoxy) is 1. The Morgan fingerprint density at radius 2 is 2.07 bits per heavy atom. The van der Waals surface area contributed by atoms with Crippen LogP contribution in [0.1, 0.15) is 39.4 Å². The average Bonchev–Trinajstić information content (AvgIpc) is 3.40. The second-order valence-electron chi connectivity index (χ2n) is 6.22. The van der Waals surface area contributed by atoms with Crippen LogP contribution in [-0.4, -0.2) is 44.8 Å². The number of hydrogen-bond acceptors (Lipinski definition) is 9. The average molecular weight is 465 g/mol. The highest BCUT2D eigenvalue weighted by Crippen LogP contribution is 2.34. The third-order valence-corrected chi connectivity index (χ3v) is 7.30. The molecule has 0 bridgehead atoms. The summed E-state index contributed by atoms with van der Waals surface area (Å²) in [6, 6.07) is 3.90. The quantitative estimate of drug-likeness (QED) is 0.305. The van der Waals surface area contributed by atoms with Crippen LogP contribution in [0.4, 0.5) is 5.00 Å². The summed E-state index contributed by atoms with van der Waals surface area (Å²) in [4.78, 5) is 38.2. The SMILES string of the molecule is CCOC(=O)c1c(NC(=O)CSc2nnc(-c3cccs3)n2C)sc(C(C)=O)c1C. The van der Waals surface area contributed by atoms with E-state index in [0.29, 0.717) is 20.6 Å². The zero-order chi connectivity index (χ0) is 21.8. The predicted octanol–water partition coefficient (Wildman–Crippen LogP) is 4.02. The van der Waals surface area contributed by atoms with Gasteiger partial charge in [-0.05, 0) is 37.8 Å². The van der Waals surface area contributed by atoms with E-state index >= 15 is 0 Å². The van der Waals surface area contributed by atoms with Gasteiger partial charge in [-0.2, -0.15) is 0 Å². The molecular formula is C19H20N4O4S3. The van der Waals surface area contributed by atoms with Gasteiger partial charge in [-0.15, -0.1) is 32.9 Å². The molecule has 158 valence electrons. The highest BCUT2D eigenvalue weighted by atomic mass is 32.2. The maximum Gasteiger partial charge on any atom is 0.341 e. The summed E-state index contributed by atoms with van der Waals surface area (Å²) in [5, 5.41) is 14.0. The number of ketones is 1. The summed E-state index contributed by atoms with van der Waals surface area (Å²) in [5.74, 6) is -0.237. The molecule has 0 aliphatic carbocycles. The number of anilines is 1. The van der Waals surface area contributed by atoms with Crippen LogP contribution < -0.4 is 5.32 Å². The lowest BCUT2D eigenvalue weighted by Gasteiger charge is -2.07. The molecule has 0 aliphatic heterocycles. The van der Waals surface area contributed by atoms with Crippen molar-refractivity contribution in [2.45, 2.75) is 25.9 Å². The van der Waals surface area contributed by atoms with Crippen LogP contribution >= 0.6 is 34.4 Å². The van der Waals surface area contributed by atoms with E-state index in [4.69, 9.17) is 4.74 Å². The Kier molecular flexibility index (Phi) is 7.06. The zero-order valence-corrected chi connectivity index (χ0v) is 19.3. The Hall–Kier alpha value is -2.50. The van der Waals surface area contributed by atoms with Gasteiger partial charge in [0.25, 0.3) is 0 Å². The zero-order valence-electron chi connectivity index (χ0n) is 16.8. The topological polar surface area (TPSA) is 103 Å². The van der Waals surface area contributed by atoms with Crippen LogP contribution in [0.2, 0.25) is 0 Å². The van der Waals surface area contributed by atoms with E-state index in [2.05, 4.69) is 15.5 Å². The van der Waals surface area contributed by atoms with Crippen LogP contribution in [0.15, 0.2) is 22.7 Å². The van der Waals surface area contributed by atoms with Crippen LogP contribution in [0.3, 0.4) is 0 Å². The van der Waals surface area contributed by atoms with Gasteiger partial charge in [0.2, 0.25) is 5.91 Å². The standard InChI is InChI=1S/C19H20N4O4S3/c1-5-27-18(26)14-10(2)15(11(3)24)30-17(14)20-13(25)9-29-19-22-21-16(23(19)4)12-7-6-8-28-12/h6-8H,5,9H2,1-4H3,(H,20,25). The van der Waals surface area contributed by atoms with Crippen molar-refractivity contribution < 1.29 is 19.1 Å². The van der Waals surface area contributed by atoms with E-state index in [1.807, 2.05) is 29.1 Å². The van der Waals surface area contributed by atoms with Crippen LogP contribution in [0.25, 0.3) is 10.7 Å². The van der Waals surface area contributed by atoms with Gasteiger partial charge >= 0.3 is 5.97 Å². The van der Waals surface area contributed by atoms with E-state index in [9.17, 15) is 14.4 Å². The number of esters is 1. The molecule has 0 spiro atoms. The van der Waals surface area contributed by atoms with Gasteiger partial charge < -0.3 is 14.6 Å². The fourth-order valence-electron chi connectivity index (χ4n) is 2.74. The third-order valence-electron chi connectivity index (χ3n) is 4.11. The lowest BCUT2D eigenvalue weighted by atomic mass is 10.1. The van der Waals surface area contributed by atoms with Gasteiger partial charge in [-0.25, -0.2) is 4.79 Å². The smallest absolute Gasteiger partial charge is 0.341 e. The maximum atomic E-state index is 12.5. The molecule has 3 heterocycles. The number of thiophene rings is 2. The van der Waals surface area contributed by atoms with Crippen molar-refractivity contribution in [1.82, 2.24) is 14.8 Å². The Morgan fingerprint density at radius 3 is 2.70 bits per heavy atom. The van der Waals surface area contributed by atoms with Crippen molar-refractivity contribution in [2.75, 3.05) is 17.7 Å². The molecule has 11 heteroatoms. The number of nitrogens with one attached hydrogen (secondary N) is 1. The summed E-state index contributed by atoms with van der Waals surface area (Å²) >= 11 is 3.88. The number of carbonyl (C=O) groups excluding carboxylic acids is 3. The normalized spacial score (nSPS) is 10.8. The molecule has 3 aromatic heterocycles. The van der Waals surface area contributed by atoms with Gasteiger partial charge in [-0.3, -0.25) is 9.59 Å². The molecule has 8 nitrogen and oxygen atoms in total. The number of thioether (sulfide) groups is 1. The maximum absolute atomic E-state index is 12.5. The second-order valence-corrected chi connectivity index (χ2v) is 9.13. The first-order chi connectivity index (χ1) is 14.3. The molecule has 3 rings (SSSR count). The largest absolute Gasteiger partial charge is 0.462 e. The summed E-state index contributed by atoms with van der Waals surface area (Å²) in [6.45, 7) is 5.00. The molecular weight excluding hydrogens is 444 g/mol. The first-order valence-corrected chi connectivity index (χ1v) is 11.7. The third kappa shape index (κ3) is 4.63. The van der Waals surface area contributed by atoms with Crippen molar-refractivity contribution in [2.24, 2.45) is 7.05 Å². The Bertz CT molecular complexity index is 1090. The lowest BCUT2D eigenvalue weighted by molar-refractivity contribution is -0.113. The molecule has 0 aliphatic rings. The fourth-order valence-corrected chi connectivity index (χ4v) is 5.30. The van der Waals surface area contributed by atoms with E-state index in [1.54, 1.807) is 25.2 Å². The first-order valence-electron chi connectivity index (χ1n) is 9.00. The van der Waals surface area contributed by atoms with E-state index in [0.717, 1.165) is 22.0 Å². The molecule has 0 saturated heterocycles. The minimum absolute atomic E-state index is 0.0744. The van der Waals surface area contributed by atoms with Gasteiger partial charge in [0.1, 0.15) is 5.00 Å². The van der Waals surface area contributed by atoms with Gasteiger partial charge in [0, 0.05) is 7.05 Å². The predicted molar refractivity (Wildman–Crippen MR) is 119 cm³/mol. The summed E-state index contributed by atoms with van der Waals surface area (Å²) < 4.78 is 6.92. The van der Waals surface area contributed by atoms with E-state index in [-0.39, 0.29) is 29.6 Å². The van der Waals surface area contributed by atoms with Crippen molar-refractivity contribution in [3.63, 3.8) is 0 Å². The minimum Gasteiger partial charge on any atom is -0.462 e. The molecule has 1 amide bonds. The molecule has 1 N–H and O–H groups in total. The number of nitrogens with zero attached hydrogens (tertiary/aromatic N) is 3. The van der Waals surface area contributed by atoms with Crippen molar-refractivity contribution >= 4 is 57.1 Å². The van der Waals surface area contributed by atoms with E-state index in [1.165, 1.54) is 18.7 Å². The lowest BCUT2D eigenvalue weighted by Crippen LogP contribution is -2.16. The highest BCUT2D eigenvalue weighted by Gasteiger charge is 2.25. The number of carbonyl (C=O) groups is 3. The highest BCUT2D eigenvalue weighted by molar-refractivity contribution is 7.99. The van der Waals surface area contributed by atoms with E-state index < -0.39 is 5.97 Å². The number of hydrogen-bond donors (Lipinski definition) is 1. The number of amides is 1. The van der Waals surface area contributed by atoms with Crippen LogP contribution in [0, 0.1) is 6.92 Å². The second kappa shape index (κ2) is 9.54.